The first-order chi connectivity index (χ1) is 6.16. The second-order valence-electron chi connectivity index (χ2n) is 3.86. The van der Waals surface area contributed by atoms with E-state index in [-0.39, 0.29) is 23.0 Å². The average Bonchev–Trinajstić information content (AvgIpc) is 1.96. The first-order valence-corrected chi connectivity index (χ1v) is 5.93. The van der Waals surface area contributed by atoms with E-state index in [1.807, 2.05) is 0 Å². The van der Waals surface area contributed by atoms with Gasteiger partial charge in [0.25, 0.3) is 0 Å². The number of hydrogen-bond donors (Lipinski definition) is 1. The van der Waals surface area contributed by atoms with E-state index in [1.165, 1.54) is 6.08 Å². The van der Waals surface area contributed by atoms with Crippen LogP contribution in [0, 0.1) is 0 Å². The number of carbonyl (C=O) groups is 1. The lowest BCUT2D eigenvalue weighted by atomic mass is 10.2. The van der Waals surface area contributed by atoms with Crippen LogP contribution in [0.2, 0.25) is 0 Å². The largest absolute Gasteiger partial charge is 0.775 e. The molecule has 14 heavy (non-hydrogen) atoms. The maximum absolute atomic E-state index is 10.9. The standard InChI is InChI=1S/C8H16NO4P/c1-4-8(10)5-6-9(2,3)7-14(11,12)13/h4H,1,5-7H2,2-3H3,(H-,11,12,13). The highest BCUT2D eigenvalue weighted by molar-refractivity contribution is 7.50. The lowest BCUT2D eigenvalue weighted by Gasteiger charge is -2.33. The molecule has 0 spiro atoms. The van der Waals surface area contributed by atoms with Gasteiger partial charge in [-0.15, -0.1) is 0 Å². The Morgan fingerprint density at radius 2 is 2.14 bits per heavy atom. The minimum absolute atomic E-state index is 0.0663. The van der Waals surface area contributed by atoms with Crippen LogP contribution in [0.1, 0.15) is 6.42 Å². The molecule has 0 heterocycles. The Balaban J connectivity index is 4.14. The van der Waals surface area contributed by atoms with Gasteiger partial charge in [-0.3, -0.25) is 4.79 Å². The van der Waals surface area contributed by atoms with Gasteiger partial charge >= 0.3 is 0 Å². The maximum Gasteiger partial charge on any atom is 0.187 e. The highest BCUT2D eigenvalue weighted by Gasteiger charge is 2.21. The molecule has 5 nitrogen and oxygen atoms in total. The Hall–Kier alpha value is -0.480. The maximum atomic E-state index is 10.9. The van der Waals surface area contributed by atoms with Gasteiger partial charge in [-0.2, -0.15) is 0 Å². The normalized spacial score (nSPS) is 16.0. The van der Waals surface area contributed by atoms with Gasteiger partial charge in [-0.05, 0) is 6.08 Å². The summed E-state index contributed by atoms with van der Waals surface area (Å²) in [6.07, 6.45) is 1.07. The van der Waals surface area contributed by atoms with Gasteiger partial charge < -0.3 is 18.8 Å². The van der Waals surface area contributed by atoms with Crippen molar-refractivity contribution in [3.8, 4) is 0 Å². The van der Waals surface area contributed by atoms with Crippen molar-refractivity contribution in [2.45, 2.75) is 6.42 Å². The highest BCUT2D eigenvalue weighted by atomic mass is 31.2. The van der Waals surface area contributed by atoms with Crippen molar-refractivity contribution in [3.05, 3.63) is 12.7 Å². The topological polar surface area (TPSA) is 77.4 Å². The van der Waals surface area contributed by atoms with Crippen molar-refractivity contribution >= 4 is 13.4 Å². The van der Waals surface area contributed by atoms with E-state index in [0.717, 1.165) is 0 Å². The SMILES string of the molecule is C=CC(=O)CC[N+](C)(C)CP(=O)([O-])O. The molecule has 0 rings (SSSR count). The Morgan fingerprint density at radius 1 is 1.64 bits per heavy atom. The summed E-state index contributed by atoms with van der Waals surface area (Å²) < 4.78 is 10.7. The van der Waals surface area contributed by atoms with E-state index in [0.29, 0.717) is 6.54 Å². The average molecular weight is 221 g/mol. The minimum atomic E-state index is -4.27. The predicted octanol–water partition coefficient (Wildman–Crippen LogP) is -0.289. The lowest BCUT2D eigenvalue weighted by molar-refractivity contribution is -0.880. The summed E-state index contributed by atoms with van der Waals surface area (Å²) in [5.41, 5.74) is 0. The van der Waals surface area contributed by atoms with Gasteiger partial charge in [0, 0.05) is 0 Å². The van der Waals surface area contributed by atoms with E-state index in [1.54, 1.807) is 14.1 Å². The molecular weight excluding hydrogens is 205 g/mol. The Labute approximate surface area is 83.8 Å². The summed E-state index contributed by atoms with van der Waals surface area (Å²) in [6.45, 7) is 3.67. The molecule has 0 aromatic carbocycles. The van der Waals surface area contributed by atoms with Crippen LogP contribution >= 0.6 is 7.60 Å². The predicted molar refractivity (Wildman–Crippen MR) is 51.5 cm³/mol. The van der Waals surface area contributed by atoms with Crippen LogP contribution in [0.15, 0.2) is 12.7 Å². The Bertz CT molecular complexity index is 269. The fourth-order valence-electron chi connectivity index (χ4n) is 1.07. The molecule has 1 atom stereocenters. The molecule has 0 aliphatic heterocycles. The van der Waals surface area contributed by atoms with Crippen molar-refractivity contribution in [2.75, 3.05) is 26.9 Å². The van der Waals surface area contributed by atoms with E-state index >= 15 is 0 Å². The van der Waals surface area contributed by atoms with Gasteiger partial charge in [0.05, 0.1) is 27.1 Å². The quantitative estimate of drug-likeness (QED) is 0.380. The van der Waals surface area contributed by atoms with Crippen molar-refractivity contribution in [1.82, 2.24) is 0 Å². The molecule has 1 unspecified atom stereocenters. The summed E-state index contributed by atoms with van der Waals surface area (Å²) in [4.78, 5) is 30.2. The molecule has 1 N–H and O–H groups in total. The molecule has 0 aliphatic carbocycles. The smallest absolute Gasteiger partial charge is 0.187 e. The molecule has 0 saturated heterocycles. The molecular formula is C8H16NO4P. The molecule has 0 fully saturated rings. The molecule has 0 bridgehead atoms. The number of nitrogens with zero attached hydrogens (tertiary/aromatic N) is 1. The summed E-state index contributed by atoms with van der Waals surface area (Å²) in [7, 11) is -0.998. The zero-order chi connectivity index (χ0) is 11.4. The van der Waals surface area contributed by atoms with Crippen molar-refractivity contribution in [1.29, 1.82) is 0 Å². The third kappa shape index (κ3) is 6.97. The van der Waals surface area contributed by atoms with E-state index in [9.17, 15) is 14.3 Å². The van der Waals surface area contributed by atoms with Crippen molar-refractivity contribution in [3.63, 3.8) is 0 Å². The molecule has 0 aromatic heterocycles. The third-order valence-electron chi connectivity index (χ3n) is 1.75. The van der Waals surface area contributed by atoms with Crippen LogP contribution in [0.4, 0.5) is 0 Å². The van der Waals surface area contributed by atoms with Crippen LogP contribution in [-0.2, 0) is 9.36 Å². The molecule has 6 heteroatoms. The van der Waals surface area contributed by atoms with Crippen LogP contribution in [-0.4, -0.2) is 42.1 Å². The fourth-order valence-corrected chi connectivity index (χ4v) is 2.18. The van der Waals surface area contributed by atoms with Crippen molar-refractivity contribution < 1.29 is 23.6 Å². The van der Waals surface area contributed by atoms with Crippen LogP contribution in [0.5, 0.6) is 0 Å². The van der Waals surface area contributed by atoms with Gasteiger partial charge in [0.1, 0.15) is 6.29 Å². The zero-order valence-electron chi connectivity index (χ0n) is 8.47. The third-order valence-corrected chi connectivity index (χ3v) is 2.88. The molecule has 0 aromatic rings. The number of quaternary nitrogens is 1. The van der Waals surface area contributed by atoms with Crippen LogP contribution in [0.25, 0.3) is 0 Å². The molecule has 0 aliphatic rings. The van der Waals surface area contributed by atoms with Gasteiger partial charge in [-0.25, -0.2) is 0 Å². The van der Waals surface area contributed by atoms with Crippen LogP contribution < -0.4 is 4.89 Å². The molecule has 0 amide bonds. The van der Waals surface area contributed by atoms with Gasteiger partial charge in [0.2, 0.25) is 0 Å². The lowest BCUT2D eigenvalue weighted by Crippen LogP contribution is -2.43. The fraction of sp³-hybridized carbons (Fsp3) is 0.625. The second kappa shape index (κ2) is 4.84. The van der Waals surface area contributed by atoms with E-state index in [4.69, 9.17) is 4.89 Å². The Kier molecular flexibility index (Phi) is 4.68. The molecule has 0 saturated carbocycles. The van der Waals surface area contributed by atoms with Crippen LogP contribution in [0.3, 0.4) is 0 Å². The number of allylic oxidation sites excluding steroid dienone is 1. The van der Waals surface area contributed by atoms with Gasteiger partial charge in [-0.1, -0.05) is 6.58 Å². The molecule has 82 valence electrons. The first-order valence-electron chi connectivity index (χ1n) is 4.16. The van der Waals surface area contributed by atoms with E-state index in [2.05, 4.69) is 6.58 Å². The number of ketones is 1. The van der Waals surface area contributed by atoms with E-state index < -0.39 is 7.60 Å². The second-order valence-corrected chi connectivity index (χ2v) is 5.42. The summed E-state index contributed by atoms with van der Waals surface area (Å²) in [6, 6.07) is 0. The zero-order valence-corrected chi connectivity index (χ0v) is 9.37. The number of rotatable bonds is 6. The number of hydrogen-bond acceptors (Lipinski definition) is 3. The van der Waals surface area contributed by atoms with Gasteiger partial charge in [0.15, 0.2) is 13.4 Å². The first kappa shape index (κ1) is 13.5. The summed E-state index contributed by atoms with van der Waals surface area (Å²) >= 11 is 0. The Morgan fingerprint density at radius 3 is 2.50 bits per heavy atom. The monoisotopic (exact) mass is 221 g/mol. The molecule has 0 radical (unpaired) electrons. The summed E-state index contributed by atoms with van der Waals surface area (Å²) in [5, 5.41) is 0. The highest BCUT2D eigenvalue weighted by Crippen LogP contribution is 2.31. The number of carbonyl (C=O) groups excluding carboxylic acids is 1. The minimum Gasteiger partial charge on any atom is -0.775 e. The summed E-state index contributed by atoms with van der Waals surface area (Å²) in [5.74, 6) is -0.130. The van der Waals surface area contributed by atoms with Crippen molar-refractivity contribution in [2.24, 2.45) is 0 Å².